The lowest BCUT2D eigenvalue weighted by molar-refractivity contribution is -0.291. The monoisotopic (exact) mass is 568 g/mol. The summed E-state index contributed by atoms with van der Waals surface area (Å²) >= 11 is 0. The van der Waals surface area contributed by atoms with Crippen molar-refractivity contribution in [3.63, 3.8) is 0 Å². The third-order valence-corrected chi connectivity index (χ3v) is 14.7. The van der Waals surface area contributed by atoms with Gasteiger partial charge >= 0.3 is 11.9 Å². The Kier molecular flexibility index (Phi) is 7.30. The van der Waals surface area contributed by atoms with Gasteiger partial charge < -0.3 is 9.47 Å². The second kappa shape index (κ2) is 9.98. The number of hydrogen-bond donors (Lipinski definition) is 0. The molecule has 0 spiro atoms. The number of esters is 2. The normalized spacial score (nSPS) is 45.0. The summed E-state index contributed by atoms with van der Waals surface area (Å²) in [5.41, 5.74) is -1.15. The molecular formula is C37H60O4. The Labute approximate surface area is 250 Å². The van der Waals surface area contributed by atoms with Crippen LogP contribution < -0.4 is 0 Å². The zero-order valence-corrected chi connectivity index (χ0v) is 27.8. The molecule has 0 amide bonds. The Morgan fingerprint density at radius 3 is 1.73 bits per heavy atom. The zero-order valence-electron chi connectivity index (χ0n) is 27.8. The molecule has 9 aliphatic rings. The van der Waals surface area contributed by atoms with Gasteiger partial charge in [0.25, 0.3) is 0 Å². The maximum Gasteiger partial charge on any atom is 0.312 e. The van der Waals surface area contributed by atoms with Crippen molar-refractivity contribution in [1.29, 1.82) is 0 Å². The number of carbonyl (C=O) groups excluding carboxylic acids is 2. The summed E-state index contributed by atoms with van der Waals surface area (Å²) in [4.78, 5) is 25.1. The molecule has 8 unspecified atom stereocenters. The molecule has 10 bridgehead atoms. The minimum atomic E-state index is -0.352. The van der Waals surface area contributed by atoms with E-state index in [0.29, 0.717) is 17.8 Å². The second-order valence-electron chi connectivity index (χ2n) is 17.9. The van der Waals surface area contributed by atoms with Gasteiger partial charge in [-0.2, -0.15) is 0 Å². The van der Waals surface area contributed by atoms with E-state index >= 15 is 0 Å². The average molecular weight is 569 g/mol. The molecule has 8 atom stereocenters. The summed E-state index contributed by atoms with van der Waals surface area (Å²) in [6.07, 6.45) is 14.1. The number of rotatable bonds is 7. The molecule has 0 aromatic heterocycles. The Morgan fingerprint density at radius 2 is 1.22 bits per heavy atom. The molecule has 4 nitrogen and oxygen atoms in total. The van der Waals surface area contributed by atoms with E-state index in [1.54, 1.807) is 0 Å². The number of carbonyl (C=O) groups is 2. The minimum absolute atomic E-state index is 0.0298. The number of hydrogen-bond acceptors (Lipinski definition) is 4. The van der Waals surface area contributed by atoms with Crippen LogP contribution in [0.4, 0.5) is 0 Å². The van der Waals surface area contributed by atoms with Gasteiger partial charge in [-0.05, 0) is 166 Å². The lowest BCUT2D eigenvalue weighted by atomic mass is 9.33. The fraction of sp³-hybridized carbons (Fsp3) is 0.946. The highest BCUT2D eigenvalue weighted by atomic mass is 16.6. The summed E-state index contributed by atoms with van der Waals surface area (Å²) in [6, 6.07) is 0. The average Bonchev–Trinajstić information content (AvgIpc) is 3.56. The first-order chi connectivity index (χ1) is 19.1. The third kappa shape index (κ3) is 4.73. The first kappa shape index (κ1) is 30.0. The highest BCUT2D eigenvalue weighted by Crippen LogP contribution is 2.74. The van der Waals surface area contributed by atoms with Crippen LogP contribution >= 0.6 is 0 Å². The number of fused-ring (bicyclic) bond motifs is 2. The van der Waals surface area contributed by atoms with Crippen molar-refractivity contribution in [2.24, 2.45) is 75.9 Å². The van der Waals surface area contributed by atoms with Gasteiger partial charge in [0.2, 0.25) is 0 Å². The van der Waals surface area contributed by atoms with E-state index in [4.69, 9.17) is 9.47 Å². The van der Waals surface area contributed by atoms with Crippen LogP contribution in [0.2, 0.25) is 0 Å². The Balaban J connectivity index is 0.000000153. The van der Waals surface area contributed by atoms with E-state index in [2.05, 4.69) is 27.7 Å². The van der Waals surface area contributed by atoms with Crippen LogP contribution in [0, 0.1) is 75.9 Å². The third-order valence-electron chi connectivity index (χ3n) is 14.7. The molecule has 0 saturated heterocycles. The van der Waals surface area contributed by atoms with Crippen LogP contribution in [0.5, 0.6) is 0 Å². The van der Waals surface area contributed by atoms with Crippen LogP contribution in [0.3, 0.4) is 0 Å². The van der Waals surface area contributed by atoms with Gasteiger partial charge in [-0.15, -0.1) is 0 Å². The highest BCUT2D eigenvalue weighted by Gasteiger charge is 2.71. The summed E-state index contributed by atoms with van der Waals surface area (Å²) in [6.45, 7) is 18.7. The first-order valence-electron chi connectivity index (χ1n) is 17.6. The second-order valence-corrected chi connectivity index (χ2v) is 17.9. The molecule has 9 fully saturated rings. The summed E-state index contributed by atoms with van der Waals surface area (Å²) in [5, 5.41) is 0. The lowest BCUT2D eigenvalue weighted by Gasteiger charge is -2.74. The molecule has 4 heteroatoms. The summed E-state index contributed by atoms with van der Waals surface area (Å²) in [7, 11) is 0. The van der Waals surface area contributed by atoms with Gasteiger partial charge in [-0.1, -0.05) is 20.3 Å². The quantitative estimate of drug-likeness (QED) is 0.288. The zero-order chi connectivity index (χ0) is 29.7. The fourth-order valence-electron chi connectivity index (χ4n) is 11.6. The molecule has 0 aliphatic heterocycles. The minimum Gasteiger partial charge on any atom is -0.459 e. The fourth-order valence-corrected chi connectivity index (χ4v) is 11.6. The highest BCUT2D eigenvalue weighted by molar-refractivity contribution is 5.76. The predicted molar refractivity (Wildman–Crippen MR) is 163 cm³/mol. The van der Waals surface area contributed by atoms with Crippen molar-refractivity contribution in [2.75, 3.05) is 0 Å². The van der Waals surface area contributed by atoms with Gasteiger partial charge in [0.1, 0.15) is 11.2 Å². The molecule has 0 aromatic carbocycles. The lowest BCUT2D eigenvalue weighted by Crippen LogP contribution is -2.72. The maximum atomic E-state index is 12.9. The van der Waals surface area contributed by atoms with Crippen LogP contribution in [-0.4, -0.2) is 23.1 Å². The maximum absolute atomic E-state index is 12.9. The molecule has 9 saturated carbocycles. The van der Waals surface area contributed by atoms with Gasteiger partial charge in [-0.3, -0.25) is 9.59 Å². The first-order valence-corrected chi connectivity index (χ1v) is 17.6. The molecule has 0 radical (unpaired) electrons. The topological polar surface area (TPSA) is 52.6 Å². The van der Waals surface area contributed by atoms with Crippen molar-refractivity contribution in [1.82, 2.24) is 0 Å². The van der Waals surface area contributed by atoms with E-state index < -0.39 is 0 Å². The Hall–Kier alpha value is -1.06. The van der Waals surface area contributed by atoms with E-state index in [0.717, 1.165) is 60.2 Å². The van der Waals surface area contributed by atoms with E-state index in [1.807, 2.05) is 34.6 Å². The molecule has 41 heavy (non-hydrogen) atoms. The van der Waals surface area contributed by atoms with Crippen molar-refractivity contribution in [3.05, 3.63) is 0 Å². The predicted octanol–water partition coefficient (Wildman–Crippen LogP) is 8.85. The SMILES string of the molecule is CCC(C)(C)C(=O)OC(C)(C)C1CC2CCC1C2.CCC(C)(C)C(=O)OC1(C)C2CC3C4CC5CC3C1C(C5)C4C2. The molecular weight excluding hydrogens is 508 g/mol. The van der Waals surface area contributed by atoms with Crippen molar-refractivity contribution in [3.8, 4) is 0 Å². The summed E-state index contributed by atoms with van der Waals surface area (Å²) in [5.74, 6) is 9.33. The summed E-state index contributed by atoms with van der Waals surface area (Å²) < 4.78 is 12.3. The van der Waals surface area contributed by atoms with Crippen LogP contribution in [0.25, 0.3) is 0 Å². The van der Waals surface area contributed by atoms with E-state index in [9.17, 15) is 9.59 Å². The van der Waals surface area contributed by atoms with Gasteiger partial charge in [0.15, 0.2) is 0 Å². The van der Waals surface area contributed by atoms with Crippen LogP contribution in [0.15, 0.2) is 0 Å². The van der Waals surface area contributed by atoms with Crippen LogP contribution in [-0.2, 0) is 19.1 Å². The standard InChI is InChI=1S/C21H32O2.C16H28O2/c1-5-20(2,3)19(22)23-21(4)12-9-14-13-6-11-7-16(14)18(21)17(8-11)15(13)10-12;1-6-15(2,3)14(17)18-16(4,5)13-10-11-7-8-12(13)9-11/h11-18H,5-10H2,1-4H3;11-13H,6-10H2,1-5H3. The molecule has 0 N–H and O–H groups in total. The van der Waals surface area contributed by atoms with Crippen molar-refractivity contribution in [2.45, 2.75) is 144 Å². The van der Waals surface area contributed by atoms with Crippen LogP contribution in [0.1, 0.15) is 133 Å². The molecule has 0 aromatic rings. The Bertz CT molecular complexity index is 1020. The van der Waals surface area contributed by atoms with Gasteiger partial charge in [0, 0.05) is 11.8 Å². The molecule has 0 heterocycles. The van der Waals surface area contributed by atoms with E-state index in [1.165, 1.54) is 57.8 Å². The molecule has 9 aliphatic carbocycles. The van der Waals surface area contributed by atoms with E-state index in [-0.39, 0.29) is 34.0 Å². The van der Waals surface area contributed by atoms with Crippen molar-refractivity contribution >= 4 is 11.9 Å². The molecule has 232 valence electrons. The van der Waals surface area contributed by atoms with Crippen molar-refractivity contribution < 1.29 is 19.1 Å². The van der Waals surface area contributed by atoms with Gasteiger partial charge in [-0.25, -0.2) is 0 Å². The number of ether oxygens (including phenoxy) is 2. The van der Waals surface area contributed by atoms with Gasteiger partial charge in [0.05, 0.1) is 10.8 Å². The Morgan fingerprint density at radius 1 is 0.683 bits per heavy atom. The largest absolute Gasteiger partial charge is 0.459 e. The molecule has 9 rings (SSSR count). The smallest absolute Gasteiger partial charge is 0.312 e.